The lowest BCUT2D eigenvalue weighted by Crippen LogP contribution is -2.27. The molecule has 5 aromatic rings. The number of fused-ring (bicyclic) bond motifs is 2. The molecular weight excluding hydrogens is 558 g/mol. The molecule has 5 heterocycles. The van der Waals surface area contributed by atoms with Crippen molar-refractivity contribution in [1.82, 2.24) is 29.7 Å². The third-order valence-corrected chi connectivity index (χ3v) is 7.79. The quantitative estimate of drug-likeness (QED) is 0.234. The molecule has 0 amide bonds. The molecular formula is C30H30ClN7O4. The Kier molecular flexibility index (Phi) is 6.89. The van der Waals surface area contributed by atoms with Crippen molar-refractivity contribution >= 4 is 28.6 Å². The molecule has 0 unspecified atom stereocenters. The molecule has 2 aliphatic heterocycles. The van der Waals surface area contributed by atoms with Crippen LogP contribution in [0.3, 0.4) is 0 Å². The average Bonchev–Trinajstić information content (AvgIpc) is 3.77. The van der Waals surface area contributed by atoms with E-state index in [9.17, 15) is 0 Å². The molecule has 11 nitrogen and oxygen atoms in total. The van der Waals surface area contributed by atoms with E-state index in [1.54, 1.807) is 10.9 Å². The summed E-state index contributed by atoms with van der Waals surface area (Å²) in [5, 5.41) is 7.62. The molecule has 0 spiro atoms. The molecule has 42 heavy (non-hydrogen) atoms. The summed E-state index contributed by atoms with van der Waals surface area (Å²) in [6.45, 7) is 6.27. The van der Waals surface area contributed by atoms with Gasteiger partial charge < -0.3 is 24.1 Å². The maximum Gasteiger partial charge on any atom is 0.258 e. The van der Waals surface area contributed by atoms with Gasteiger partial charge in [0.05, 0.1) is 6.33 Å². The number of ether oxygens (including phenoxy) is 3. The normalized spacial score (nSPS) is 23.1. The van der Waals surface area contributed by atoms with Crippen LogP contribution in [0.15, 0.2) is 71.5 Å². The van der Waals surface area contributed by atoms with Crippen LogP contribution in [0.2, 0.25) is 5.28 Å². The highest BCUT2D eigenvalue weighted by atomic mass is 35.5. The molecule has 3 aromatic heterocycles. The van der Waals surface area contributed by atoms with Crippen LogP contribution in [0.4, 0.5) is 5.82 Å². The lowest BCUT2D eigenvalue weighted by Gasteiger charge is -2.24. The highest BCUT2D eigenvalue weighted by Crippen LogP contribution is 2.49. The minimum Gasteiger partial charge on any atom is -0.367 e. The summed E-state index contributed by atoms with van der Waals surface area (Å²) < 4.78 is 26.3. The molecule has 2 saturated heterocycles. The summed E-state index contributed by atoms with van der Waals surface area (Å²) >= 11 is 6.48. The summed E-state index contributed by atoms with van der Waals surface area (Å²) in [6, 6.07) is 20.7. The van der Waals surface area contributed by atoms with Gasteiger partial charge in [0, 0.05) is 18.9 Å². The SMILES string of the molecule is CCc1noc([C@H]2O[C@@H](n3cnc4c(NCC(c5ccccc5)c5ccccc5)nc(Cl)nc43)[C@@H]3OC(C)(C)O[C@@H]32)n1. The van der Waals surface area contributed by atoms with Crippen LogP contribution in [0, 0.1) is 0 Å². The molecule has 7 rings (SSSR count). The van der Waals surface area contributed by atoms with Crippen LogP contribution in [0.1, 0.15) is 61.9 Å². The molecule has 2 fully saturated rings. The summed E-state index contributed by atoms with van der Waals surface area (Å²) in [7, 11) is 0. The largest absolute Gasteiger partial charge is 0.367 e. The van der Waals surface area contributed by atoms with Crippen molar-refractivity contribution in [3.63, 3.8) is 0 Å². The molecule has 12 heteroatoms. The second-order valence-corrected chi connectivity index (χ2v) is 11.2. The van der Waals surface area contributed by atoms with E-state index >= 15 is 0 Å². The number of benzene rings is 2. The molecule has 0 aliphatic carbocycles. The Morgan fingerprint density at radius 1 is 0.952 bits per heavy atom. The molecule has 0 bridgehead atoms. The molecule has 0 saturated carbocycles. The van der Waals surface area contributed by atoms with Gasteiger partial charge in [-0.05, 0) is 36.6 Å². The first-order valence-corrected chi connectivity index (χ1v) is 14.4. The summed E-state index contributed by atoms with van der Waals surface area (Å²) in [6.07, 6.45) is 0.0913. The standard InChI is InChI=1S/C30H30ClN7O4/c1-4-20-34-27(42-37-20)23-22-24(41-30(2,3)40-22)28(39-23)38-16-33-21-25(35-29(31)36-26(21)38)32-15-19(17-11-7-5-8-12-17)18-13-9-6-10-14-18/h5-14,16,19,22-24,28H,4,15H2,1-3H3,(H,32,35,36)/t22-,23+,24-,28-/m1/s1. The van der Waals surface area contributed by atoms with Gasteiger partial charge in [0.15, 0.2) is 40.9 Å². The first-order valence-electron chi connectivity index (χ1n) is 14.0. The van der Waals surface area contributed by atoms with Gasteiger partial charge in [0.1, 0.15) is 12.2 Å². The number of aromatic nitrogens is 6. The maximum absolute atomic E-state index is 6.48. The second-order valence-electron chi connectivity index (χ2n) is 10.8. The first kappa shape index (κ1) is 27.0. The maximum atomic E-state index is 6.48. The fourth-order valence-corrected chi connectivity index (χ4v) is 5.89. The number of aryl methyl sites for hydroxylation is 1. The first-order chi connectivity index (χ1) is 20.4. The van der Waals surface area contributed by atoms with Crippen molar-refractivity contribution in [1.29, 1.82) is 0 Å². The predicted octanol–water partition coefficient (Wildman–Crippen LogP) is 5.46. The van der Waals surface area contributed by atoms with Crippen molar-refractivity contribution in [3.8, 4) is 0 Å². The monoisotopic (exact) mass is 587 g/mol. The molecule has 4 atom stereocenters. The topological polar surface area (TPSA) is 122 Å². The Bertz CT molecular complexity index is 1650. The van der Waals surface area contributed by atoms with Crippen LogP contribution in [-0.2, 0) is 20.6 Å². The molecule has 216 valence electrons. The van der Waals surface area contributed by atoms with Gasteiger partial charge in [-0.15, -0.1) is 0 Å². The number of imidazole rings is 1. The number of nitrogens with zero attached hydrogens (tertiary/aromatic N) is 6. The van der Waals surface area contributed by atoms with E-state index in [0.29, 0.717) is 41.7 Å². The van der Waals surface area contributed by atoms with Gasteiger partial charge >= 0.3 is 0 Å². The van der Waals surface area contributed by atoms with Gasteiger partial charge in [-0.1, -0.05) is 72.7 Å². The van der Waals surface area contributed by atoms with E-state index in [2.05, 4.69) is 54.7 Å². The highest BCUT2D eigenvalue weighted by Gasteiger charge is 2.58. The number of halogens is 1. The predicted molar refractivity (Wildman–Crippen MR) is 154 cm³/mol. The number of rotatable bonds is 8. The van der Waals surface area contributed by atoms with E-state index in [1.165, 1.54) is 11.1 Å². The van der Waals surface area contributed by atoms with E-state index in [1.807, 2.05) is 57.2 Å². The fraction of sp³-hybridized carbons (Fsp3) is 0.367. The Labute approximate surface area is 247 Å². The van der Waals surface area contributed by atoms with Crippen LogP contribution < -0.4 is 5.32 Å². The third-order valence-electron chi connectivity index (χ3n) is 7.62. The highest BCUT2D eigenvalue weighted by molar-refractivity contribution is 6.28. The Morgan fingerprint density at radius 3 is 2.31 bits per heavy atom. The number of hydrogen-bond acceptors (Lipinski definition) is 10. The van der Waals surface area contributed by atoms with Gasteiger partial charge in [-0.25, -0.2) is 4.98 Å². The van der Waals surface area contributed by atoms with Crippen LogP contribution in [-0.4, -0.2) is 54.2 Å². The van der Waals surface area contributed by atoms with Gasteiger partial charge in [0.2, 0.25) is 5.28 Å². The summed E-state index contributed by atoms with van der Waals surface area (Å²) in [5.41, 5.74) is 3.43. The van der Waals surface area contributed by atoms with Gasteiger partial charge in [0.25, 0.3) is 5.89 Å². The zero-order valence-electron chi connectivity index (χ0n) is 23.3. The molecule has 2 aliphatic rings. The zero-order chi connectivity index (χ0) is 28.8. The number of anilines is 1. The Balaban J connectivity index is 1.21. The van der Waals surface area contributed by atoms with Crippen LogP contribution >= 0.6 is 11.6 Å². The summed E-state index contributed by atoms with van der Waals surface area (Å²) in [4.78, 5) is 18.2. The minimum atomic E-state index is -0.831. The third kappa shape index (κ3) is 4.92. The Hall–Kier alpha value is -3.90. The smallest absolute Gasteiger partial charge is 0.258 e. The zero-order valence-corrected chi connectivity index (χ0v) is 24.1. The van der Waals surface area contributed by atoms with Crippen molar-refractivity contribution in [2.75, 3.05) is 11.9 Å². The molecule has 0 radical (unpaired) electrons. The lowest BCUT2D eigenvalue weighted by atomic mass is 9.91. The van der Waals surface area contributed by atoms with Crippen LogP contribution in [0.25, 0.3) is 11.2 Å². The Morgan fingerprint density at radius 2 is 1.64 bits per heavy atom. The lowest BCUT2D eigenvalue weighted by molar-refractivity contribution is -0.199. The van der Waals surface area contributed by atoms with Crippen molar-refractivity contribution in [2.45, 2.75) is 63.4 Å². The average molecular weight is 588 g/mol. The fourth-order valence-electron chi connectivity index (χ4n) is 5.72. The van der Waals surface area contributed by atoms with Gasteiger partial charge in [-0.2, -0.15) is 15.0 Å². The summed E-state index contributed by atoms with van der Waals surface area (Å²) in [5.74, 6) is 0.715. The number of hydrogen-bond donors (Lipinski definition) is 1. The van der Waals surface area contributed by atoms with E-state index < -0.39 is 30.3 Å². The minimum absolute atomic E-state index is 0.0756. The van der Waals surface area contributed by atoms with Crippen molar-refractivity contribution in [3.05, 3.63) is 95.1 Å². The van der Waals surface area contributed by atoms with Crippen molar-refractivity contribution < 1.29 is 18.7 Å². The second kappa shape index (κ2) is 10.7. The molecule has 1 N–H and O–H groups in total. The van der Waals surface area contributed by atoms with E-state index in [4.69, 9.17) is 30.3 Å². The molecule has 2 aromatic carbocycles. The van der Waals surface area contributed by atoms with Crippen LogP contribution in [0.5, 0.6) is 0 Å². The van der Waals surface area contributed by atoms with E-state index in [0.717, 1.165) is 0 Å². The van der Waals surface area contributed by atoms with Crippen molar-refractivity contribution in [2.24, 2.45) is 0 Å². The van der Waals surface area contributed by atoms with Gasteiger partial charge in [-0.3, -0.25) is 4.57 Å². The number of nitrogens with one attached hydrogen (secondary N) is 1. The van der Waals surface area contributed by atoms with E-state index in [-0.39, 0.29) is 11.2 Å².